The molecule has 0 spiro atoms. The molecule has 2 unspecified atom stereocenters. The fourth-order valence-corrected chi connectivity index (χ4v) is 4.17. The van der Waals surface area contributed by atoms with Gasteiger partial charge in [0.25, 0.3) is 0 Å². The van der Waals surface area contributed by atoms with E-state index in [4.69, 9.17) is 5.73 Å². The van der Waals surface area contributed by atoms with Crippen LogP contribution in [-0.4, -0.2) is 37.0 Å². The van der Waals surface area contributed by atoms with Gasteiger partial charge in [-0.3, -0.25) is 0 Å². The lowest BCUT2D eigenvalue weighted by Crippen LogP contribution is -2.40. The number of hydrogen-bond donors (Lipinski definition) is 2. The molecule has 1 aliphatic rings. The summed E-state index contributed by atoms with van der Waals surface area (Å²) >= 11 is 0. The fourth-order valence-electron chi connectivity index (χ4n) is 2.39. The number of aliphatic hydroxyl groups is 1. The van der Waals surface area contributed by atoms with Crippen LogP contribution >= 0.6 is 0 Å². The van der Waals surface area contributed by atoms with Crippen molar-refractivity contribution in [1.82, 2.24) is 4.31 Å². The average Bonchev–Trinajstić information content (AvgIpc) is 2.70. The quantitative estimate of drug-likeness (QED) is 0.806. The Kier molecular flexibility index (Phi) is 3.80. The van der Waals surface area contributed by atoms with Gasteiger partial charge in [0.15, 0.2) is 0 Å². The molecule has 0 radical (unpaired) electrons. The number of rotatable bonds is 3. The maximum Gasteiger partial charge on any atom is 0.246 e. The molecule has 106 valence electrons. The van der Waals surface area contributed by atoms with Crippen molar-refractivity contribution in [1.29, 1.82) is 0 Å². The minimum atomic E-state index is -3.94. The zero-order chi connectivity index (χ0) is 14.2. The van der Waals surface area contributed by atoms with Gasteiger partial charge in [0, 0.05) is 12.2 Å². The second-order valence-electron chi connectivity index (χ2n) is 4.82. The molecular weight excluding hydrogens is 271 g/mol. The highest BCUT2D eigenvalue weighted by atomic mass is 32.2. The van der Waals surface area contributed by atoms with E-state index in [9.17, 15) is 17.9 Å². The van der Waals surface area contributed by atoms with Gasteiger partial charge in [-0.15, -0.1) is 0 Å². The Labute approximate surface area is 111 Å². The Balaban J connectivity index is 2.42. The molecule has 2 rings (SSSR count). The van der Waals surface area contributed by atoms with E-state index in [0.717, 1.165) is 12.1 Å². The van der Waals surface area contributed by atoms with E-state index in [1.807, 2.05) is 6.92 Å². The second kappa shape index (κ2) is 5.07. The third-order valence-electron chi connectivity index (χ3n) is 3.56. The summed E-state index contributed by atoms with van der Waals surface area (Å²) in [7, 11) is -3.94. The summed E-state index contributed by atoms with van der Waals surface area (Å²) in [6, 6.07) is 3.00. The molecular formula is C12H17FN2O3S. The van der Waals surface area contributed by atoms with Gasteiger partial charge in [0.1, 0.15) is 10.7 Å². The van der Waals surface area contributed by atoms with E-state index in [1.165, 1.54) is 10.4 Å². The Bertz CT molecular complexity index is 576. The van der Waals surface area contributed by atoms with Gasteiger partial charge in [-0.25, -0.2) is 12.8 Å². The smallest absolute Gasteiger partial charge is 0.246 e. The van der Waals surface area contributed by atoms with Crippen LogP contribution in [0.4, 0.5) is 10.1 Å². The van der Waals surface area contributed by atoms with E-state index in [1.54, 1.807) is 0 Å². The molecule has 0 aromatic heterocycles. The van der Waals surface area contributed by atoms with Crippen molar-refractivity contribution in [2.75, 3.05) is 18.9 Å². The Hall–Kier alpha value is -1.18. The van der Waals surface area contributed by atoms with Crippen molar-refractivity contribution in [3.63, 3.8) is 0 Å². The summed E-state index contributed by atoms with van der Waals surface area (Å²) in [4.78, 5) is -0.394. The van der Waals surface area contributed by atoms with E-state index in [0.29, 0.717) is 13.0 Å². The SMILES string of the molecule is CC1CCN(S(=O)(=O)c2ccc(N)cc2F)C1CO. The monoisotopic (exact) mass is 288 g/mol. The third kappa shape index (κ3) is 2.45. The molecule has 19 heavy (non-hydrogen) atoms. The summed E-state index contributed by atoms with van der Waals surface area (Å²) in [5, 5.41) is 9.31. The van der Waals surface area contributed by atoms with E-state index in [2.05, 4.69) is 0 Å². The number of anilines is 1. The highest BCUT2D eigenvalue weighted by molar-refractivity contribution is 7.89. The van der Waals surface area contributed by atoms with Gasteiger partial charge in [-0.05, 0) is 30.5 Å². The number of sulfonamides is 1. The molecule has 1 aromatic rings. The molecule has 1 heterocycles. The predicted octanol–water partition coefficient (Wildman–Crippen LogP) is 0.799. The van der Waals surface area contributed by atoms with Crippen molar-refractivity contribution < 1.29 is 17.9 Å². The van der Waals surface area contributed by atoms with Crippen LogP contribution in [0.5, 0.6) is 0 Å². The summed E-state index contributed by atoms with van der Waals surface area (Å²) in [6.45, 7) is 1.89. The normalized spacial score (nSPS) is 24.8. The van der Waals surface area contributed by atoms with Gasteiger partial charge in [0.2, 0.25) is 10.0 Å². The van der Waals surface area contributed by atoms with E-state index >= 15 is 0 Å². The van der Waals surface area contributed by atoms with Crippen molar-refractivity contribution in [2.45, 2.75) is 24.3 Å². The molecule has 1 aromatic carbocycles. The van der Waals surface area contributed by atoms with E-state index in [-0.39, 0.29) is 18.2 Å². The first-order chi connectivity index (χ1) is 8.87. The highest BCUT2D eigenvalue weighted by Gasteiger charge is 2.40. The minimum absolute atomic E-state index is 0.0524. The molecule has 2 atom stereocenters. The Morgan fingerprint density at radius 2 is 2.21 bits per heavy atom. The molecule has 1 saturated heterocycles. The number of nitrogens with two attached hydrogens (primary N) is 1. The zero-order valence-corrected chi connectivity index (χ0v) is 11.4. The summed E-state index contributed by atoms with van der Waals surface area (Å²) in [5.74, 6) is -0.812. The van der Waals surface area contributed by atoms with Crippen LogP contribution in [0.25, 0.3) is 0 Å². The lowest BCUT2D eigenvalue weighted by Gasteiger charge is -2.24. The van der Waals surface area contributed by atoms with Crippen LogP contribution in [0.1, 0.15) is 13.3 Å². The maximum absolute atomic E-state index is 13.8. The van der Waals surface area contributed by atoms with Gasteiger partial charge >= 0.3 is 0 Å². The molecule has 3 N–H and O–H groups in total. The lowest BCUT2D eigenvalue weighted by atomic mass is 10.0. The first-order valence-electron chi connectivity index (χ1n) is 6.05. The minimum Gasteiger partial charge on any atom is -0.399 e. The molecule has 0 aliphatic carbocycles. The van der Waals surface area contributed by atoms with Crippen LogP contribution in [0.3, 0.4) is 0 Å². The van der Waals surface area contributed by atoms with Crippen LogP contribution in [0, 0.1) is 11.7 Å². The third-order valence-corrected chi connectivity index (χ3v) is 5.52. The highest BCUT2D eigenvalue weighted by Crippen LogP contribution is 2.31. The van der Waals surface area contributed by atoms with Crippen molar-refractivity contribution in [3.05, 3.63) is 24.0 Å². The molecule has 5 nitrogen and oxygen atoms in total. The molecule has 0 bridgehead atoms. The Morgan fingerprint density at radius 1 is 1.53 bits per heavy atom. The standard InChI is InChI=1S/C12H17FN2O3S/c1-8-4-5-15(11(8)7-16)19(17,18)12-3-2-9(14)6-10(12)13/h2-3,6,8,11,16H,4-5,7,14H2,1H3. The number of nitrogens with zero attached hydrogens (tertiary/aromatic N) is 1. The second-order valence-corrected chi connectivity index (χ2v) is 6.68. The van der Waals surface area contributed by atoms with Crippen LogP contribution in [-0.2, 0) is 10.0 Å². The first kappa shape index (κ1) is 14.2. The maximum atomic E-state index is 13.8. The van der Waals surface area contributed by atoms with Crippen molar-refractivity contribution in [2.24, 2.45) is 5.92 Å². The molecule has 0 amide bonds. The molecule has 1 fully saturated rings. The van der Waals surface area contributed by atoms with Gasteiger partial charge < -0.3 is 10.8 Å². The number of aliphatic hydroxyl groups excluding tert-OH is 1. The lowest BCUT2D eigenvalue weighted by molar-refractivity contribution is 0.191. The molecule has 0 saturated carbocycles. The largest absolute Gasteiger partial charge is 0.399 e. The average molecular weight is 288 g/mol. The zero-order valence-electron chi connectivity index (χ0n) is 10.6. The number of halogens is 1. The van der Waals surface area contributed by atoms with Gasteiger partial charge in [-0.1, -0.05) is 6.92 Å². The van der Waals surface area contributed by atoms with E-state index < -0.39 is 26.8 Å². The number of benzene rings is 1. The summed E-state index contributed by atoms with van der Waals surface area (Å²) in [6.07, 6.45) is 0.654. The van der Waals surface area contributed by atoms with Crippen molar-refractivity contribution >= 4 is 15.7 Å². The predicted molar refractivity (Wildman–Crippen MR) is 69.4 cm³/mol. The fraction of sp³-hybridized carbons (Fsp3) is 0.500. The van der Waals surface area contributed by atoms with Crippen LogP contribution < -0.4 is 5.73 Å². The summed E-state index contributed by atoms with van der Waals surface area (Å²) in [5.41, 5.74) is 5.58. The van der Waals surface area contributed by atoms with Gasteiger partial charge in [-0.2, -0.15) is 4.31 Å². The van der Waals surface area contributed by atoms with Gasteiger partial charge in [0.05, 0.1) is 12.6 Å². The summed E-state index contributed by atoms with van der Waals surface area (Å²) < 4.78 is 39.8. The topological polar surface area (TPSA) is 83.6 Å². The Morgan fingerprint density at radius 3 is 2.79 bits per heavy atom. The molecule has 7 heteroatoms. The number of hydrogen-bond acceptors (Lipinski definition) is 4. The molecule has 1 aliphatic heterocycles. The first-order valence-corrected chi connectivity index (χ1v) is 7.49. The van der Waals surface area contributed by atoms with Crippen molar-refractivity contribution in [3.8, 4) is 0 Å². The van der Waals surface area contributed by atoms with Crippen LogP contribution in [0.15, 0.2) is 23.1 Å². The number of nitrogen functional groups attached to an aromatic ring is 1. The van der Waals surface area contributed by atoms with Crippen LogP contribution in [0.2, 0.25) is 0 Å².